The van der Waals surface area contributed by atoms with Gasteiger partial charge in [-0.05, 0) is 6.42 Å². The van der Waals surface area contributed by atoms with Crippen molar-refractivity contribution in [3.8, 4) is 0 Å². The van der Waals surface area contributed by atoms with E-state index in [-0.39, 0.29) is 6.61 Å². The molecule has 1 aliphatic heterocycles. The van der Waals surface area contributed by atoms with Crippen molar-refractivity contribution in [2.75, 3.05) is 13.2 Å². The van der Waals surface area contributed by atoms with Gasteiger partial charge in [-0.25, -0.2) is 0 Å². The summed E-state index contributed by atoms with van der Waals surface area (Å²) in [5.41, 5.74) is 5.67. The standard InChI is InChI=1S/C10H21NO5/c1-2-3-4-15-10-7(11)9(14)8(13)6(5-12)16-10/h6-10,12-14H,2-5,11H2,1H3/t6?,7-,8?,9?,10+/m0/s1. The topological polar surface area (TPSA) is 105 Å². The molecule has 6 nitrogen and oxygen atoms in total. The van der Waals surface area contributed by atoms with Crippen molar-refractivity contribution in [2.45, 2.75) is 50.4 Å². The van der Waals surface area contributed by atoms with Gasteiger partial charge in [0.2, 0.25) is 0 Å². The first kappa shape index (κ1) is 13.8. The van der Waals surface area contributed by atoms with Crippen molar-refractivity contribution in [2.24, 2.45) is 5.73 Å². The Morgan fingerprint density at radius 2 is 2.00 bits per heavy atom. The van der Waals surface area contributed by atoms with Gasteiger partial charge in [-0.15, -0.1) is 0 Å². The molecular formula is C10H21NO5. The highest BCUT2D eigenvalue weighted by Crippen LogP contribution is 2.20. The first-order chi connectivity index (χ1) is 7.61. The van der Waals surface area contributed by atoms with E-state index in [2.05, 4.69) is 0 Å². The lowest BCUT2D eigenvalue weighted by Gasteiger charge is -2.40. The van der Waals surface area contributed by atoms with E-state index >= 15 is 0 Å². The van der Waals surface area contributed by atoms with Gasteiger partial charge in [0, 0.05) is 6.61 Å². The van der Waals surface area contributed by atoms with Crippen LogP contribution in [-0.4, -0.2) is 59.2 Å². The molecule has 0 radical (unpaired) electrons. The van der Waals surface area contributed by atoms with Crippen molar-refractivity contribution in [3.05, 3.63) is 0 Å². The minimum atomic E-state index is -1.17. The fourth-order valence-electron chi connectivity index (χ4n) is 1.60. The molecule has 5 atom stereocenters. The van der Waals surface area contributed by atoms with Gasteiger partial charge >= 0.3 is 0 Å². The number of aliphatic hydroxyl groups excluding tert-OH is 3. The summed E-state index contributed by atoms with van der Waals surface area (Å²) in [4.78, 5) is 0. The van der Waals surface area contributed by atoms with Crippen molar-refractivity contribution >= 4 is 0 Å². The molecule has 0 saturated carbocycles. The van der Waals surface area contributed by atoms with E-state index < -0.39 is 30.6 Å². The van der Waals surface area contributed by atoms with E-state index in [0.29, 0.717) is 6.61 Å². The molecule has 0 bridgehead atoms. The highest BCUT2D eigenvalue weighted by Gasteiger charge is 2.42. The minimum absolute atomic E-state index is 0.376. The largest absolute Gasteiger partial charge is 0.394 e. The normalized spacial score (nSPS) is 39.9. The van der Waals surface area contributed by atoms with Crippen LogP contribution in [0.25, 0.3) is 0 Å². The van der Waals surface area contributed by atoms with Crippen molar-refractivity contribution < 1.29 is 24.8 Å². The van der Waals surface area contributed by atoms with Gasteiger partial charge in [-0.2, -0.15) is 0 Å². The molecule has 6 heteroatoms. The van der Waals surface area contributed by atoms with Gasteiger partial charge in [0.25, 0.3) is 0 Å². The lowest BCUT2D eigenvalue weighted by molar-refractivity contribution is -0.265. The summed E-state index contributed by atoms with van der Waals surface area (Å²) in [6, 6.07) is -0.797. The van der Waals surface area contributed by atoms with Gasteiger partial charge < -0.3 is 30.5 Å². The quantitative estimate of drug-likeness (QED) is 0.435. The molecule has 5 N–H and O–H groups in total. The van der Waals surface area contributed by atoms with Gasteiger partial charge in [-0.1, -0.05) is 13.3 Å². The molecule has 0 aromatic carbocycles. The van der Waals surface area contributed by atoms with Crippen LogP contribution in [0.1, 0.15) is 19.8 Å². The second-order valence-corrected chi connectivity index (χ2v) is 4.01. The second kappa shape index (κ2) is 6.48. The molecule has 1 heterocycles. The molecule has 0 spiro atoms. The van der Waals surface area contributed by atoms with E-state index in [1.54, 1.807) is 0 Å². The predicted octanol–water partition coefficient (Wildman–Crippen LogP) is -1.43. The van der Waals surface area contributed by atoms with E-state index in [4.69, 9.17) is 20.3 Å². The first-order valence-corrected chi connectivity index (χ1v) is 5.61. The van der Waals surface area contributed by atoms with Crippen molar-refractivity contribution in [1.29, 1.82) is 0 Å². The number of hydrogen-bond acceptors (Lipinski definition) is 6. The van der Waals surface area contributed by atoms with E-state index in [9.17, 15) is 10.2 Å². The molecule has 0 aromatic heterocycles. The van der Waals surface area contributed by atoms with Crippen LogP contribution in [0.4, 0.5) is 0 Å². The lowest BCUT2D eigenvalue weighted by atomic mass is 9.98. The monoisotopic (exact) mass is 235 g/mol. The van der Waals surface area contributed by atoms with Gasteiger partial charge in [-0.3, -0.25) is 0 Å². The molecular weight excluding hydrogens is 214 g/mol. The first-order valence-electron chi connectivity index (χ1n) is 5.61. The summed E-state index contributed by atoms with van der Waals surface area (Å²) in [5, 5.41) is 28.1. The Morgan fingerprint density at radius 3 is 2.56 bits per heavy atom. The van der Waals surface area contributed by atoms with Gasteiger partial charge in [0.15, 0.2) is 6.29 Å². The molecule has 96 valence electrons. The van der Waals surface area contributed by atoms with Crippen LogP contribution in [0.2, 0.25) is 0 Å². The number of hydrogen-bond donors (Lipinski definition) is 4. The molecule has 1 fully saturated rings. The Kier molecular flexibility index (Phi) is 5.60. The summed E-state index contributed by atoms with van der Waals surface area (Å²) in [6.07, 6.45) is -2.09. The molecule has 1 aliphatic rings. The van der Waals surface area contributed by atoms with Crippen LogP contribution in [0, 0.1) is 0 Å². The molecule has 0 amide bonds. The maximum absolute atomic E-state index is 9.63. The zero-order valence-electron chi connectivity index (χ0n) is 9.45. The number of unbranched alkanes of at least 4 members (excludes halogenated alkanes) is 1. The zero-order valence-corrected chi connectivity index (χ0v) is 9.45. The summed E-state index contributed by atoms with van der Waals surface area (Å²) in [6.45, 7) is 2.13. The molecule has 16 heavy (non-hydrogen) atoms. The van der Waals surface area contributed by atoms with Crippen LogP contribution in [0.5, 0.6) is 0 Å². The Bertz CT molecular complexity index is 202. The molecule has 0 aliphatic carbocycles. The minimum Gasteiger partial charge on any atom is -0.394 e. The van der Waals surface area contributed by atoms with Crippen molar-refractivity contribution in [1.82, 2.24) is 0 Å². The molecule has 1 saturated heterocycles. The molecule has 1 rings (SSSR count). The fraction of sp³-hybridized carbons (Fsp3) is 1.00. The van der Waals surface area contributed by atoms with Crippen molar-refractivity contribution in [3.63, 3.8) is 0 Å². The van der Waals surface area contributed by atoms with Crippen LogP contribution in [0.3, 0.4) is 0 Å². The van der Waals surface area contributed by atoms with Crippen LogP contribution in [0.15, 0.2) is 0 Å². The average Bonchev–Trinajstić information content (AvgIpc) is 2.29. The summed E-state index contributed by atoms with van der Waals surface area (Å²) in [7, 11) is 0. The highest BCUT2D eigenvalue weighted by molar-refractivity contribution is 4.91. The average molecular weight is 235 g/mol. The van der Waals surface area contributed by atoms with E-state index in [1.165, 1.54) is 0 Å². The number of ether oxygens (including phenoxy) is 2. The van der Waals surface area contributed by atoms with Crippen LogP contribution in [-0.2, 0) is 9.47 Å². The third-order valence-corrected chi connectivity index (χ3v) is 2.71. The third kappa shape index (κ3) is 3.13. The SMILES string of the molecule is CCCCO[C@@H]1OC(CO)C(O)C(O)[C@@H]1N. The summed E-state index contributed by atoms with van der Waals surface area (Å²) < 4.78 is 10.6. The summed E-state index contributed by atoms with van der Waals surface area (Å²) in [5.74, 6) is 0. The Morgan fingerprint density at radius 1 is 1.31 bits per heavy atom. The van der Waals surface area contributed by atoms with E-state index in [1.807, 2.05) is 6.92 Å². The molecule has 3 unspecified atom stereocenters. The van der Waals surface area contributed by atoms with Crippen LogP contribution < -0.4 is 5.73 Å². The Balaban J connectivity index is 2.50. The third-order valence-electron chi connectivity index (χ3n) is 2.71. The Labute approximate surface area is 95.0 Å². The smallest absolute Gasteiger partial charge is 0.175 e. The fourth-order valence-corrected chi connectivity index (χ4v) is 1.60. The summed E-state index contributed by atoms with van der Waals surface area (Å²) >= 11 is 0. The van der Waals surface area contributed by atoms with Gasteiger partial charge in [0.1, 0.15) is 18.3 Å². The number of rotatable bonds is 5. The molecule has 0 aromatic rings. The second-order valence-electron chi connectivity index (χ2n) is 4.01. The number of aliphatic hydroxyl groups is 3. The van der Waals surface area contributed by atoms with Crippen LogP contribution >= 0.6 is 0 Å². The van der Waals surface area contributed by atoms with E-state index in [0.717, 1.165) is 12.8 Å². The Hall–Kier alpha value is -0.240. The maximum Gasteiger partial charge on any atom is 0.175 e. The maximum atomic E-state index is 9.63. The van der Waals surface area contributed by atoms with Gasteiger partial charge in [0.05, 0.1) is 12.6 Å². The zero-order chi connectivity index (χ0) is 12.1. The lowest BCUT2D eigenvalue weighted by Crippen LogP contribution is -2.62. The predicted molar refractivity (Wildman–Crippen MR) is 56.6 cm³/mol. The number of nitrogens with two attached hydrogens (primary N) is 1. The highest BCUT2D eigenvalue weighted by atomic mass is 16.7.